The van der Waals surface area contributed by atoms with Crippen LogP contribution in [0, 0.1) is 0 Å². The molecule has 4 heteroatoms. The maximum absolute atomic E-state index is 11.7. The standard InChI is InChI=1S/C11H12BrNO2/c12-9-6-8(10(14)1-3-13)5-7-2-4-15-11(7)9/h5-6H,1-4,13H2. The lowest BCUT2D eigenvalue weighted by molar-refractivity contribution is 0.0985. The van der Waals surface area contributed by atoms with E-state index in [-0.39, 0.29) is 5.78 Å². The van der Waals surface area contributed by atoms with Gasteiger partial charge in [-0.3, -0.25) is 4.79 Å². The van der Waals surface area contributed by atoms with Gasteiger partial charge in [-0.15, -0.1) is 0 Å². The molecule has 0 unspecified atom stereocenters. The number of ketones is 1. The molecule has 0 bridgehead atoms. The van der Waals surface area contributed by atoms with Gasteiger partial charge in [0.25, 0.3) is 0 Å². The number of nitrogens with two attached hydrogens (primary N) is 1. The third-order valence-corrected chi connectivity index (χ3v) is 3.02. The zero-order valence-corrected chi connectivity index (χ0v) is 9.84. The summed E-state index contributed by atoms with van der Waals surface area (Å²) in [6.07, 6.45) is 1.27. The van der Waals surface area contributed by atoms with E-state index < -0.39 is 0 Å². The highest BCUT2D eigenvalue weighted by Crippen LogP contribution is 2.35. The molecule has 2 N–H and O–H groups in total. The fourth-order valence-electron chi connectivity index (χ4n) is 1.70. The minimum atomic E-state index is 0.0906. The van der Waals surface area contributed by atoms with Crippen molar-refractivity contribution in [3.8, 4) is 5.75 Å². The molecule has 0 amide bonds. The fraction of sp³-hybridized carbons (Fsp3) is 0.364. The zero-order valence-electron chi connectivity index (χ0n) is 8.25. The largest absolute Gasteiger partial charge is 0.492 e. The van der Waals surface area contributed by atoms with Crippen molar-refractivity contribution >= 4 is 21.7 Å². The molecule has 0 saturated carbocycles. The molecule has 0 aliphatic carbocycles. The Morgan fingerprint density at radius 3 is 3.07 bits per heavy atom. The van der Waals surface area contributed by atoms with Gasteiger partial charge in [0.1, 0.15) is 5.75 Å². The summed E-state index contributed by atoms with van der Waals surface area (Å²) in [6.45, 7) is 1.09. The van der Waals surface area contributed by atoms with E-state index in [0.717, 1.165) is 27.8 Å². The Bertz CT molecular complexity index is 404. The van der Waals surface area contributed by atoms with Crippen molar-refractivity contribution < 1.29 is 9.53 Å². The first-order valence-electron chi connectivity index (χ1n) is 4.91. The third-order valence-electron chi connectivity index (χ3n) is 2.43. The van der Waals surface area contributed by atoms with Crippen LogP contribution in [0.2, 0.25) is 0 Å². The summed E-state index contributed by atoms with van der Waals surface area (Å²) in [7, 11) is 0. The second-order valence-electron chi connectivity index (χ2n) is 3.51. The molecule has 1 aliphatic heterocycles. The first kappa shape index (κ1) is 10.6. The van der Waals surface area contributed by atoms with Gasteiger partial charge in [0.15, 0.2) is 5.78 Å². The quantitative estimate of drug-likeness (QED) is 0.854. The SMILES string of the molecule is NCCC(=O)c1cc(Br)c2c(c1)CCO2. The lowest BCUT2D eigenvalue weighted by Crippen LogP contribution is -2.08. The molecule has 0 saturated heterocycles. The summed E-state index contributed by atoms with van der Waals surface area (Å²) in [5.74, 6) is 0.965. The summed E-state index contributed by atoms with van der Waals surface area (Å²) < 4.78 is 6.30. The number of Topliss-reactive ketones (excluding diaryl/α,β-unsaturated/α-hetero) is 1. The van der Waals surface area contributed by atoms with E-state index in [9.17, 15) is 4.79 Å². The average molecular weight is 270 g/mol. The number of fused-ring (bicyclic) bond motifs is 1. The van der Waals surface area contributed by atoms with Crippen LogP contribution in [0.5, 0.6) is 5.75 Å². The fourth-order valence-corrected chi connectivity index (χ4v) is 2.31. The van der Waals surface area contributed by atoms with Crippen LogP contribution in [-0.4, -0.2) is 18.9 Å². The molecule has 0 atom stereocenters. The van der Waals surface area contributed by atoms with Crippen LogP contribution in [0.4, 0.5) is 0 Å². The van der Waals surface area contributed by atoms with Gasteiger partial charge in [-0.05, 0) is 40.2 Å². The van der Waals surface area contributed by atoms with E-state index >= 15 is 0 Å². The van der Waals surface area contributed by atoms with Gasteiger partial charge in [0, 0.05) is 18.4 Å². The highest BCUT2D eigenvalue weighted by Gasteiger charge is 2.18. The van der Waals surface area contributed by atoms with Crippen molar-refractivity contribution in [2.24, 2.45) is 5.73 Å². The van der Waals surface area contributed by atoms with E-state index in [1.807, 2.05) is 12.1 Å². The van der Waals surface area contributed by atoms with Crippen LogP contribution in [0.1, 0.15) is 22.3 Å². The molecule has 1 aromatic carbocycles. The van der Waals surface area contributed by atoms with Gasteiger partial charge in [-0.25, -0.2) is 0 Å². The molecule has 80 valence electrons. The summed E-state index contributed by atoms with van der Waals surface area (Å²) in [5.41, 5.74) is 7.18. The van der Waals surface area contributed by atoms with Crippen LogP contribution < -0.4 is 10.5 Å². The monoisotopic (exact) mass is 269 g/mol. The smallest absolute Gasteiger partial charge is 0.164 e. The van der Waals surface area contributed by atoms with Crippen molar-refractivity contribution in [1.29, 1.82) is 0 Å². The summed E-state index contributed by atoms with van der Waals surface area (Å²) >= 11 is 3.41. The van der Waals surface area contributed by atoms with E-state index in [4.69, 9.17) is 10.5 Å². The molecule has 2 rings (SSSR count). The predicted octanol–water partition coefficient (Wildman–Crippen LogP) is 1.92. The molecule has 1 aromatic rings. The maximum Gasteiger partial charge on any atom is 0.164 e. The van der Waals surface area contributed by atoms with E-state index in [1.54, 1.807) is 0 Å². The number of rotatable bonds is 3. The Kier molecular flexibility index (Phi) is 3.07. The Hall–Kier alpha value is -0.870. The van der Waals surface area contributed by atoms with Crippen molar-refractivity contribution in [2.75, 3.05) is 13.2 Å². The van der Waals surface area contributed by atoms with Crippen molar-refractivity contribution in [1.82, 2.24) is 0 Å². The van der Waals surface area contributed by atoms with Gasteiger partial charge in [0.05, 0.1) is 11.1 Å². The molecule has 3 nitrogen and oxygen atoms in total. The minimum absolute atomic E-state index is 0.0906. The molecule has 1 heterocycles. The zero-order chi connectivity index (χ0) is 10.8. The Labute approximate surface area is 96.7 Å². The van der Waals surface area contributed by atoms with Crippen LogP contribution in [0.3, 0.4) is 0 Å². The molecule has 0 fully saturated rings. The molecular weight excluding hydrogens is 258 g/mol. The number of carbonyl (C=O) groups is 1. The van der Waals surface area contributed by atoms with Crippen molar-refractivity contribution in [2.45, 2.75) is 12.8 Å². The van der Waals surface area contributed by atoms with Crippen LogP contribution in [0.15, 0.2) is 16.6 Å². The lowest BCUT2D eigenvalue weighted by atomic mass is 10.0. The molecule has 0 aromatic heterocycles. The second-order valence-corrected chi connectivity index (χ2v) is 4.36. The topological polar surface area (TPSA) is 52.3 Å². The molecule has 0 radical (unpaired) electrons. The predicted molar refractivity (Wildman–Crippen MR) is 61.3 cm³/mol. The van der Waals surface area contributed by atoms with Gasteiger partial charge >= 0.3 is 0 Å². The third kappa shape index (κ3) is 2.06. The van der Waals surface area contributed by atoms with E-state index in [2.05, 4.69) is 15.9 Å². The number of hydrogen-bond acceptors (Lipinski definition) is 3. The van der Waals surface area contributed by atoms with Gasteiger partial charge < -0.3 is 10.5 Å². The Morgan fingerprint density at radius 2 is 2.33 bits per heavy atom. The number of ether oxygens (including phenoxy) is 1. The number of carbonyl (C=O) groups excluding carboxylic acids is 1. The average Bonchev–Trinajstić information content (AvgIpc) is 2.66. The summed E-state index contributed by atoms with van der Waals surface area (Å²) in [5, 5.41) is 0. The highest BCUT2D eigenvalue weighted by molar-refractivity contribution is 9.10. The highest BCUT2D eigenvalue weighted by atomic mass is 79.9. The molecular formula is C11H12BrNO2. The minimum Gasteiger partial charge on any atom is -0.492 e. The molecule has 1 aliphatic rings. The first-order chi connectivity index (χ1) is 7.22. The van der Waals surface area contributed by atoms with E-state index in [1.165, 1.54) is 0 Å². The molecule has 15 heavy (non-hydrogen) atoms. The number of halogens is 1. The van der Waals surface area contributed by atoms with E-state index in [0.29, 0.717) is 19.6 Å². The number of hydrogen-bond donors (Lipinski definition) is 1. The summed E-state index contributed by atoms with van der Waals surface area (Å²) in [6, 6.07) is 3.72. The Morgan fingerprint density at radius 1 is 1.53 bits per heavy atom. The van der Waals surface area contributed by atoms with Gasteiger partial charge in [0.2, 0.25) is 0 Å². The normalized spacial score (nSPS) is 13.5. The Balaban J connectivity index is 2.35. The van der Waals surface area contributed by atoms with Crippen LogP contribution >= 0.6 is 15.9 Å². The lowest BCUT2D eigenvalue weighted by Gasteiger charge is -2.05. The molecule has 0 spiro atoms. The van der Waals surface area contributed by atoms with Crippen molar-refractivity contribution in [3.05, 3.63) is 27.7 Å². The first-order valence-corrected chi connectivity index (χ1v) is 5.70. The second kappa shape index (κ2) is 4.33. The maximum atomic E-state index is 11.7. The van der Waals surface area contributed by atoms with Crippen molar-refractivity contribution in [3.63, 3.8) is 0 Å². The number of benzene rings is 1. The van der Waals surface area contributed by atoms with Gasteiger partial charge in [-0.2, -0.15) is 0 Å². The van der Waals surface area contributed by atoms with Gasteiger partial charge in [-0.1, -0.05) is 0 Å². The van der Waals surface area contributed by atoms with Crippen LogP contribution in [-0.2, 0) is 6.42 Å². The van der Waals surface area contributed by atoms with Crippen LogP contribution in [0.25, 0.3) is 0 Å². The summed E-state index contributed by atoms with van der Waals surface area (Å²) in [4.78, 5) is 11.7.